The van der Waals surface area contributed by atoms with Gasteiger partial charge in [0, 0.05) is 0 Å². The van der Waals surface area contributed by atoms with Gasteiger partial charge in [0.15, 0.2) is 0 Å². The SMILES string of the molecule is Oc1cc(-c2cc(Br)c(-c3ccc(F)c(O)c3)[se]2)ccc1F. The first-order chi connectivity index (χ1) is 10.5. The van der Waals surface area contributed by atoms with E-state index in [1.807, 2.05) is 6.07 Å². The molecule has 0 saturated heterocycles. The second kappa shape index (κ2) is 5.88. The molecule has 6 heteroatoms. The molecule has 22 heavy (non-hydrogen) atoms. The fourth-order valence-corrected chi connectivity index (χ4v) is 5.43. The van der Waals surface area contributed by atoms with Gasteiger partial charge in [-0.05, 0) is 0 Å². The summed E-state index contributed by atoms with van der Waals surface area (Å²) in [4.78, 5) is 0. The maximum atomic E-state index is 13.2. The number of benzene rings is 2. The fourth-order valence-electron chi connectivity index (χ4n) is 2.03. The molecule has 0 aliphatic carbocycles. The van der Waals surface area contributed by atoms with E-state index in [0.29, 0.717) is 0 Å². The Hall–Kier alpha value is -1.62. The van der Waals surface area contributed by atoms with Crippen LogP contribution in [0.15, 0.2) is 46.9 Å². The molecule has 3 rings (SSSR count). The van der Waals surface area contributed by atoms with Crippen molar-refractivity contribution in [2.24, 2.45) is 0 Å². The molecule has 0 aliphatic heterocycles. The maximum absolute atomic E-state index is 13.2. The van der Waals surface area contributed by atoms with Crippen LogP contribution in [0.1, 0.15) is 0 Å². The van der Waals surface area contributed by atoms with Crippen molar-refractivity contribution in [1.82, 2.24) is 0 Å². The Morgan fingerprint density at radius 1 is 0.818 bits per heavy atom. The van der Waals surface area contributed by atoms with Crippen molar-refractivity contribution in [3.8, 4) is 31.5 Å². The molecule has 0 amide bonds. The zero-order valence-corrected chi connectivity index (χ0v) is 14.3. The predicted molar refractivity (Wildman–Crippen MR) is 85.2 cm³/mol. The Balaban J connectivity index is 2.06. The topological polar surface area (TPSA) is 40.5 Å². The normalized spacial score (nSPS) is 10.9. The average molecular weight is 430 g/mol. The van der Waals surface area contributed by atoms with Crippen LogP contribution in [0, 0.1) is 11.6 Å². The van der Waals surface area contributed by atoms with Crippen molar-refractivity contribution in [3.63, 3.8) is 0 Å². The van der Waals surface area contributed by atoms with E-state index in [2.05, 4.69) is 15.9 Å². The van der Waals surface area contributed by atoms with Crippen LogP contribution < -0.4 is 0 Å². The van der Waals surface area contributed by atoms with E-state index in [1.165, 1.54) is 24.3 Å². The molecular formula is C16H9BrF2O2Se. The van der Waals surface area contributed by atoms with E-state index >= 15 is 0 Å². The summed E-state index contributed by atoms with van der Waals surface area (Å²) < 4.78 is 29.0. The van der Waals surface area contributed by atoms with E-state index in [9.17, 15) is 19.0 Å². The van der Waals surface area contributed by atoms with E-state index in [4.69, 9.17) is 0 Å². The number of aromatic hydroxyl groups is 2. The molecule has 1 heterocycles. The van der Waals surface area contributed by atoms with Gasteiger partial charge in [-0.25, -0.2) is 0 Å². The molecule has 0 spiro atoms. The molecule has 0 atom stereocenters. The van der Waals surface area contributed by atoms with Crippen LogP contribution >= 0.6 is 15.9 Å². The molecule has 0 radical (unpaired) electrons. The summed E-state index contributed by atoms with van der Waals surface area (Å²) in [6.45, 7) is 0. The molecule has 2 nitrogen and oxygen atoms in total. The van der Waals surface area contributed by atoms with Crippen LogP contribution in [0.2, 0.25) is 0 Å². The third-order valence-electron chi connectivity index (χ3n) is 3.13. The number of hydrogen-bond donors (Lipinski definition) is 2. The summed E-state index contributed by atoms with van der Waals surface area (Å²) in [6, 6.07) is 10.3. The van der Waals surface area contributed by atoms with Crippen LogP contribution in [-0.4, -0.2) is 24.7 Å². The minimum absolute atomic E-state index is 0.118. The first-order valence-electron chi connectivity index (χ1n) is 6.23. The molecule has 3 aromatic rings. The minimum atomic E-state index is -0.664. The predicted octanol–water partition coefficient (Wildman–Crippen LogP) is 4.53. The Morgan fingerprint density at radius 2 is 1.36 bits per heavy atom. The number of phenols is 2. The average Bonchev–Trinajstić information content (AvgIpc) is 2.87. The van der Waals surface area contributed by atoms with Gasteiger partial charge in [0.05, 0.1) is 0 Å². The second-order valence-electron chi connectivity index (χ2n) is 4.62. The molecule has 0 aliphatic rings. The van der Waals surface area contributed by atoms with Gasteiger partial charge in [0.25, 0.3) is 0 Å². The van der Waals surface area contributed by atoms with Gasteiger partial charge in [0.1, 0.15) is 0 Å². The Morgan fingerprint density at radius 3 is 1.95 bits per heavy atom. The quantitative estimate of drug-likeness (QED) is 0.587. The summed E-state index contributed by atoms with van der Waals surface area (Å²) in [5, 5.41) is 19.0. The molecule has 0 bridgehead atoms. The van der Waals surface area contributed by atoms with Crippen LogP contribution in [0.4, 0.5) is 8.78 Å². The third kappa shape index (κ3) is 2.82. The van der Waals surface area contributed by atoms with Crippen molar-refractivity contribution >= 4 is 30.4 Å². The Kier molecular flexibility index (Phi) is 4.08. The van der Waals surface area contributed by atoms with Gasteiger partial charge in [-0.2, -0.15) is 0 Å². The van der Waals surface area contributed by atoms with Crippen LogP contribution in [0.3, 0.4) is 0 Å². The van der Waals surface area contributed by atoms with E-state index < -0.39 is 23.1 Å². The Bertz CT molecular complexity index is 861. The molecule has 2 N–H and O–H groups in total. The first kappa shape index (κ1) is 15.3. The van der Waals surface area contributed by atoms with Gasteiger partial charge in [-0.1, -0.05) is 0 Å². The zero-order valence-electron chi connectivity index (χ0n) is 11.0. The summed E-state index contributed by atoms with van der Waals surface area (Å²) >= 11 is 3.34. The fraction of sp³-hybridized carbons (Fsp3) is 0. The summed E-state index contributed by atoms with van der Waals surface area (Å²) in [5.41, 5.74) is 1.46. The molecule has 0 fully saturated rings. The monoisotopic (exact) mass is 430 g/mol. The van der Waals surface area contributed by atoms with Crippen molar-refractivity contribution in [1.29, 1.82) is 0 Å². The zero-order chi connectivity index (χ0) is 15.9. The molecule has 112 valence electrons. The molecule has 2 aromatic carbocycles. The molecular weight excluding hydrogens is 421 g/mol. The van der Waals surface area contributed by atoms with E-state index in [0.717, 1.165) is 24.5 Å². The van der Waals surface area contributed by atoms with Crippen LogP contribution in [0.25, 0.3) is 20.0 Å². The standard InChI is InChI=1S/C16H9BrF2O2Se/c17-10-7-15(8-1-3-11(18)13(20)5-8)22-16(10)9-2-4-12(19)14(21)6-9/h1-7,20-21H. The van der Waals surface area contributed by atoms with Crippen LogP contribution in [-0.2, 0) is 0 Å². The number of halogens is 3. The number of phenolic OH excluding ortho intramolecular Hbond substituents is 2. The van der Waals surface area contributed by atoms with E-state index in [-0.39, 0.29) is 14.5 Å². The Labute approximate surface area is 139 Å². The molecule has 0 unspecified atom stereocenters. The summed E-state index contributed by atoms with van der Waals surface area (Å²) in [5.74, 6) is -2.11. The van der Waals surface area contributed by atoms with Crippen molar-refractivity contribution in [3.05, 3.63) is 58.6 Å². The van der Waals surface area contributed by atoms with Gasteiger partial charge >= 0.3 is 139 Å². The molecule has 0 saturated carbocycles. The van der Waals surface area contributed by atoms with Gasteiger partial charge in [-0.3, -0.25) is 0 Å². The third-order valence-corrected chi connectivity index (χ3v) is 6.93. The van der Waals surface area contributed by atoms with E-state index in [1.54, 1.807) is 12.1 Å². The number of hydrogen-bond acceptors (Lipinski definition) is 2. The number of rotatable bonds is 2. The van der Waals surface area contributed by atoms with Crippen LogP contribution in [0.5, 0.6) is 11.5 Å². The van der Waals surface area contributed by atoms with Gasteiger partial charge in [0.2, 0.25) is 0 Å². The summed E-state index contributed by atoms with van der Waals surface area (Å²) in [6.07, 6.45) is 0. The summed E-state index contributed by atoms with van der Waals surface area (Å²) in [7, 11) is 0. The van der Waals surface area contributed by atoms with Crippen molar-refractivity contribution in [2.45, 2.75) is 0 Å². The van der Waals surface area contributed by atoms with Gasteiger partial charge in [-0.15, -0.1) is 0 Å². The van der Waals surface area contributed by atoms with Crippen molar-refractivity contribution in [2.75, 3.05) is 0 Å². The molecule has 1 aromatic heterocycles. The van der Waals surface area contributed by atoms with Crippen molar-refractivity contribution < 1.29 is 19.0 Å². The second-order valence-corrected chi connectivity index (χ2v) is 7.68. The van der Waals surface area contributed by atoms with Gasteiger partial charge < -0.3 is 0 Å². The first-order valence-corrected chi connectivity index (χ1v) is 8.73.